The first-order chi connectivity index (χ1) is 19.0. The van der Waals surface area contributed by atoms with Crippen molar-refractivity contribution < 1.29 is 23.5 Å². The number of hydrogen-bond donors (Lipinski definition) is 0. The van der Waals surface area contributed by atoms with Crippen molar-refractivity contribution in [2.24, 2.45) is 0 Å². The Labute approximate surface area is 225 Å². The van der Waals surface area contributed by atoms with Gasteiger partial charge in [0.25, 0.3) is 0 Å². The Hall–Kier alpha value is -4.79. The van der Waals surface area contributed by atoms with Crippen LogP contribution in [-0.2, 0) is 40.5 Å². The fourth-order valence-corrected chi connectivity index (χ4v) is 4.48. The zero-order valence-corrected chi connectivity index (χ0v) is 21.2. The molecule has 0 bridgehead atoms. The fourth-order valence-electron chi connectivity index (χ4n) is 4.48. The van der Waals surface area contributed by atoms with E-state index in [-0.39, 0.29) is 31.9 Å². The van der Waals surface area contributed by atoms with Crippen LogP contribution in [0.1, 0.15) is 22.4 Å². The van der Waals surface area contributed by atoms with E-state index in [4.69, 9.17) is 4.74 Å². The van der Waals surface area contributed by atoms with Gasteiger partial charge >= 0.3 is 11.8 Å². The van der Waals surface area contributed by atoms with Gasteiger partial charge in [-0.15, -0.1) is 0 Å². The second kappa shape index (κ2) is 11.7. The number of nitrogens with zero attached hydrogens (tertiary/aromatic N) is 4. The third-order valence-electron chi connectivity index (χ3n) is 6.50. The molecule has 1 saturated heterocycles. The van der Waals surface area contributed by atoms with Crippen molar-refractivity contribution in [2.45, 2.75) is 26.1 Å². The van der Waals surface area contributed by atoms with E-state index in [2.05, 4.69) is 4.98 Å². The fraction of sp³-hybridized carbons (Fsp3) is 0.200. The second-order valence-electron chi connectivity index (χ2n) is 9.32. The van der Waals surface area contributed by atoms with E-state index >= 15 is 0 Å². The highest BCUT2D eigenvalue weighted by Gasteiger charge is 2.36. The molecule has 1 aliphatic heterocycles. The normalized spacial score (nSPS) is 13.6. The summed E-state index contributed by atoms with van der Waals surface area (Å²) < 4.78 is 21.1. The lowest BCUT2D eigenvalue weighted by atomic mass is 10.1. The highest BCUT2D eigenvalue weighted by atomic mass is 19.1. The first kappa shape index (κ1) is 25.8. The number of carbonyl (C=O) groups excluding carboxylic acids is 3. The summed E-state index contributed by atoms with van der Waals surface area (Å²) in [5.74, 6) is -1.74. The van der Waals surface area contributed by atoms with Gasteiger partial charge in [-0.25, -0.2) is 9.37 Å². The van der Waals surface area contributed by atoms with Gasteiger partial charge < -0.3 is 14.2 Å². The molecule has 0 unspecified atom stereocenters. The number of benzene rings is 3. The molecule has 1 fully saturated rings. The maximum Gasteiger partial charge on any atom is 0.318 e. The third kappa shape index (κ3) is 6.38. The van der Waals surface area contributed by atoms with Crippen molar-refractivity contribution in [1.29, 1.82) is 0 Å². The summed E-state index contributed by atoms with van der Waals surface area (Å²) in [5, 5.41) is 0. The molecular formula is C30H27FN4O4. The minimum absolute atomic E-state index is 0.102. The van der Waals surface area contributed by atoms with Crippen molar-refractivity contribution in [2.75, 3.05) is 13.1 Å². The number of ether oxygens (including phenoxy) is 1. The SMILES string of the molecule is O=C1C(=O)N(C(=O)Cc2cncn2Cc2cccc(F)c2)CCN1Cc1cccc(OCc2ccccc2)c1. The highest BCUT2D eigenvalue weighted by molar-refractivity contribution is 6.38. The lowest BCUT2D eigenvalue weighted by Crippen LogP contribution is -2.56. The molecule has 1 aliphatic rings. The summed E-state index contributed by atoms with van der Waals surface area (Å²) in [6.45, 7) is 1.31. The van der Waals surface area contributed by atoms with Crippen LogP contribution in [0.2, 0.25) is 0 Å². The number of imidazole rings is 1. The first-order valence-electron chi connectivity index (χ1n) is 12.6. The standard InChI is InChI=1S/C30H27FN4O4/c31-25-10-4-8-23(14-25)19-34-21-32-17-26(34)16-28(36)35-13-12-33(29(37)30(35)38)18-24-9-5-11-27(15-24)39-20-22-6-2-1-3-7-22/h1-11,14-15,17,21H,12-13,16,18-20H2. The van der Waals surface area contributed by atoms with E-state index in [1.165, 1.54) is 23.2 Å². The number of amides is 3. The van der Waals surface area contributed by atoms with Gasteiger partial charge in [0, 0.05) is 38.1 Å². The first-order valence-corrected chi connectivity index (χ1v) is 12.6. The van der Waals surface area contributed by atoms with Gasteiger partial charge in [0.05, 0.1) is 12.7 Å². The van der Waals surface area contributed by atoms with Crippen molar-refractivity contribution in [1.82, 2.24) is 19.4 Å². The molecule has 39 heavy (non-hydrogen) atoms. The van der Waals surface area contributed by atoms with Gasteiger partial charge in [-0.3, -0.25) is 19.3 Å². The maximum atomic E-state index is 13.6. The molecule has 3 amide bonds. The molecule has 0 N–H and O–H groups in total. The van der Waals surface area contributed by atoms with Crippen LogP contribution in [0.25, 0.3) is 0 Å². The van der Waals surface area contributed by atoms with Crippen LogP contribution in [0.3, 0.4) is 0 Å². The van der Waals surface area contributed by atoms with Crippen LogP contribution in [0.4, 0.5) is 4.39 Å². The Bertz CT molecular complexity index is 1490. The van der Waals surface area contributed by atoms with Crippen molar-refractivity contribution in [3.8, 4) is 5.75 Å². The summed E-state index contributed by atoms with van der Waals surface area (Å²) in [6, 6.07) is 23.4. The molecule has 2 heterocycles. The number of aromatic nitrogens is 2. The van der Waals surface area contributed by atoms with Crippen LogP contribution >= 0.6 is 0 Å². The predicted molar refractivity (Wildman–Crippen MR) is 141 cm³/mol. The van der Waals surface area contributed by atoms with Gasteiger partial charge in [0.1, 0.15) is 18.2 Å². The zero-order chi connectivity index (χ0) is 27.2. The molecule has 0 radical (unpaired) electrons. The van der Waals surface area contributed by atoms with E-state index in [1.54, 1.807) is 23.0 Å². The summed E-state index contributed by atoms with van der Waals surface area (Å²) in [7, 11) is 0. The Morgan fingerprint density at radius 1 is 0.846 bits per heavy atom. The van der Waals surface area contributed by atoms with E-state index in [0.29, 0.717) is 24.6 Å². The number of halogens is 1. The van der Waals surface area contributed by atoms with E-state index in [0.717, 1.165) is 21.6 Å². The van der Waals surface area contributed by atoms with Crippen LogP contribution in [-0.4, -0.2) is 50.2 Å². The Kier molecular flexibility index (Phi) is 7.77. The molecule has 0 saturated carbocycles. The van der Waals surface area contributed by atoms with Crippen molar-refractivity contribution in [3.63, 3.8) is 0 Å². The molecule has 9 heteroatoms. The molecule has 4 aromatic rings. The third-order valence-corrected chi connectivity index (χ3v) is 6.50. The van der Waals surface area contributed by atoms with Crippen LogP contribution in [0, 0.1) is 5.82 Å². The maximum absolute atomic E-state index is 13.6. The van der Waals surface area contributed by atoms with E-state index < -0.39 is 17.7 Å². The topological polar surface area (TPSA) is 84.7 Å². The number of hydrogen-bond acceptors (Lipinski definition) is 5. The number of piperazine rings is 1. The summed E-state index contributed by atoms with van der Waals surface area (Å²) >= 11 is 0. The molecule has 3 aromatic carbocycles. The van der Waals surface area contributed by atoms with Gasteiger partial charge in [-0.1, -0.05) is 54.6 Å². The van der Waals surface area contributed by atoms with E-state index in [1.807, 2.05) is 54.6 Å². The van der Waals surface area contributed by atoms with E-state index in [9.17, 15) is 18.8 Å². The molecule has 198 valence electrons. The van der Waals surface area contributed by atoms with Gasteiger partial charge in [0.2, 0.25) is 5.91 Å². The van der Waals surface area contributed by atoms with Crippen molar-refractivity contribution >= 4 is 17.7 Å². The molecule has 0 atom stereocenters. The molecule has 0 aliphatic carbocycles. The number of carbonyl (C=O) groups is 3. The second-order valence-corrected chi connectivity index (χ2v) is 9.32. The highest BCUT2D eigenvalue weighted by Crippen LogP contribution is 2.19. The average molecular weight is 527 g/mol. The lowest BCUT2D eigenvalue weighted by molar-refractivity contribution is -0.161. The summed E-state index contributed by atoms with van der Waals surface area (Å²) in [5.41, 5.74) is 3.15. The van der Waals surface area contributed by atoms with Crippen LogP contribution < -0.4 is 4.74 Å². The summed E-state index contributed by atoms with van der Waals surface area (Å²) in [4.78, 5) is 45.3. The largest absolute Gasteiger partial charge is 0.489 e. The average Bonchev–Trinajstić information content (AvgIpc) is 3.37. The molecule has 8 nitrogen and oxygen atoms in total. The van der Waals surface area contributed by atoms with Gasteiger partial charge in [0.15, 0.2) is 0 Å². The summed E-state index contributed by atoms with van der Waals surface area (Å²) in [6.07, 6.45) is 2.98. The Morgan fingerprint density at radius 2 is 1.59 bits per heavy atom. The van der Waals surface area contributed by atoms with Gasteiger partial charge in [-0.05, 0) is 41.0 Å². The molecule has 5 rings (SSSR count). The van der Waals surface area contributed by atoms with Crippen molar-refractivity contribution in [3.05, 3.63) is 120 Å². The number of imide groups is 1. The Balaban J connectivity index is 1.18. The molecule has 0 spiro atoms. The number of rotatable bonds is 9. The smallest absolute Gasteiger partial charge is 0.318 e. The van der Waals surface area contributed by atoms with Crippen LogP contribution in [0.5, 0.6) is 5.75 Å². The molecular weight excluding hydrogens is 499 g/mol. The lowest BCUT2D eigenvalue weighted by Gasteiger charge is -2.32. The zero-order valence-electron chi connectivity index (χ0n) is 21.2. The monoisotopic (exact) mass is 526 g/mol. The predicted octanol–water partition coefficient (Wildman–Crippen LogP) is 3.59. The minimum atomic E-state index is -0.848. The molecule has 1 aromatic heterocycles. The van der Waals surface area contributed by atoms with Crippen LogP contribution in [0.15, 0.2) is 91.4 Å². The van der Waals surface area contributed by atoms with Gasteiger partial charge in [-0.2, -0.15) is 0 Å². The Morgan fingerprint density at radius 3 is 2.38 bits per heavy atom. The quantitative estimate of drug-likeness (QED) is 0.311. The minimum Gasteiger partial charge on any atom is -0.489 e.